The minimum Gasteiger partial charge on any atom is -0.459 e. The van der Waals surface area contributed by atoms with Crippen molar-refractivity contribution in [2.75, 3.05) is 13.2 Å². The molecule has 0 aromatic heterocycles. The van der Waals surface area contributed by atoms with E-state index in [0.29, 0.717) is 5.56 Å². The third-order valence-electron chi connectivity index (χ3n) is 11.8. The molecule has 2 aromatic carbocycles. The van der Waals surface area contributed by atoms with Crippen LogP contribution >= 0.6 is 0 Å². The molecule has 1 amide bonds. The largest absolute Gasteiger partial charge is 0.459 e. The van der Waals surface area contributed by atoms with Crippen LogP contribution in [0, 0.1) is 16.7 Å². The van der Waals surface area contributed by atoms with Gasteiger partial charge in [-0.25, -0.2) is 14.4 Å². The number of fused-ring (bicyclic) bond motifs is 5. The van der Waals surface area contributed by atoms with Gasteiger partial charge in [0, 0.05) is 18.8 Å². The lowest BCUT2D eigenvalue weighted by Gasteiger charge is -2.63. The monoisotopic (exact) mass is 793 g/mol. The van der Waals surface area contributed by atoms with Crippen LogP contribution in [0.2, 0.25) is 0 Å². The molecule has 1 unspecified atom stereocenters. The first-order chi connectivity index (χ1) is 26.6. The number of ketones is 1. The van der Waals surface area contributed by atoms with Gasteiger partial charge in [-0.15, -0.1) is 0 Å². The minimum absolute atomic E-state index is 0.118. The van der Waals surface area contributed by atoms with Crippen molar-refractivity contribution in [3.05, 3.63) is 82.9 Å². The summed E-state index contributed by atoms with van der Waals surface area (Å²) < 4.78 is 35.2. The maximum atomic E-state index is 15.1. The van der Waals surface area contributed by atoms with Crippen molar-refractivity contribution in [3.63, 3.8) is 0 Å². The Morgan fingerprint density at radius 2 is 1.60 bits per heavy atom. The Hall–Kier alpha value is -4.67. The summed E-state index contributed by atoms with van der Waals surface area (Å²) in [5, 5.41) is 38.5. The molecule has 4 fully saturated rings. The van der Waals surface area contributed by atoms with E-state index in [1.807, 2.05) is 0 Å². The molecular weight excluding hydrogens is 742 g/mol. The Bertz CT molecular complexity index is 1940. The van der Waals surface area contributed by atoms with Crippen molar-refractivity contribution in [1.29, 1.82) is 0 Å². The second-order valence-electron chi connectivity index (χ2n) is 17.0. The number of alkyl carbamates (subject to hydrolysis) is 1. The molecule has 57 heavy (non-hydrogen) atoms. The fourth-order valence-electron chi connectivity index (χ4n) is 9.00. The Balaban J connectivity index is 1.38. The highest BCUT2D eigenvalue weighted by molar-refractivity contribution is 5.95. The van der Waals surface area contributed by atoms with Gasteiger partial charge in [-0.3, -0.25) is 9.59 Å². The Labute approximate surface area is 330 Å². The molecule has 3 aliphatic heterocycles. The number of amides is 1. The lowest BCUT2D eigenvalue weighted by atomic mass is 9.49. The fourth-order valence-corrected chi connectivity index (χ4v) is 9.00. The van der Waals surface area contributed by atoms with Crippen LogP contribution in [0.3, 0.4) is 0 Å². The van der Waals surface area contributed by atoms with Crippen LogP contribution < -0.4 is 5.32 Å². The summed E-state index contributed by atoms with van der Waals surface area (Å²) in [5.74, 6) is -7.24. The predicted octanol–water partition coefficient (Wildman–Crippen LogP) is 3.48. The van der Waals surface area contributed by atoms with E-state index in [1.54, 1.807) is 90.1 Å². The van der Waals surface area contributed by atoms with Crippen LogP contribution in [-0.4, -0.2) is 106 Å². The number of hydrogen-bond acceptors (Lipinski definition) is 14. The highest BCUT2D eigenvalue weighted by Gasteiger charge is 2.80. The van der Waals surface area contributed by atoms with E-state index in [1.165, 1.54) is 26.0 Å². The summed E-state index contributed by atoms with van der Waals surface area (Å²) in [6.45, 7) is 11.7. The van der Waals surface area contributed by atoms with Crippen LogP contribution in [0.4, 0.5) is 4.79 Å². The topological polar surface area (TPSA) is 213 Å². The first kappa shape index (κ1) is 41.9. The Morgan fingerprint density at radius 1 is 0.982 bits per heavy atom. The SMILES string of the molecule is CC(=O)O[C@@]12CO[C@@H]1C[C@H](O)[C@@]1(C)C(=O)[C@H]3O[C@@](O)([C@@H](OC(=O)c4ccccc4)C12)C(C)(C)/C3=C(/C)COC(=O)[C@H](O)[C@@H](NC(=O)OC(C)(C)C)c1ccccc1. The molecule has 0 spiro atoms. The standard InChI is InChI=1S/C42H51NO14/c1-22(20-52-36(49)30(46)29(24-15-11-9-12-16-24)43-37(50)57-38(3,4)5)28-31-33(47)40(8)26(45)19-27-41(21-53-27,55-23(2)44)32(40)34(42(51,56-31)39(28,6)7)54-35(48)25-17-13-10-14-18-25/h9-18,26-27,29-32,34,45-46,51H,19-21H2,1-8H3,(H,43,50)/b28-22-/t26-,27+,29-,30+,31-,32?,34-,40+,41-,42-/m0/s1. The van der Waals surface area contributed by atoms with E-state index in [-0.39, 0.29) is 29.7 Å². The first-order valence-corrected chi connectivity index (χ1v) is 18.9. The molecule has 1 saturated carbocycles. The summed E-state index contributed by atoms with van der Waals surface area (Å²) in [4.78, 5) is 67.9. The second kappa shape index (κ2) is 14.9. The smallest absolute Gasteiger partial charge is 0.408 e. The van der Waals surface area contributed by atoms with Crippen molar-refractivity contribution in [1.82, 2.24) is 5.32 Å². The highest BCUT2D eigenvalue weighted by atomic mass is 16.7. The molecule has 1 aliphatic carbocycles. The molecule has 4 aliphatic rings. The van der Waals surface area contributed by atoms with Crippen molar-refractivity contribution >= 4 is 29.8 Å². The summed E-state index contributed by atoms with van der Waals surface area (Å²) >= 11 is 0. The number of aliphatic hydroxyl groups excluding tert-OH is 2. The fraction of sp³-hybridized carbons (Fsp3) is 0.548. The molecule has 3 heterocycles. The normalized spacial score (nSPS) is 33.2. The van der Waals surface area contributed by atoms with E-state index in [2.05, 4.69) is 5.32 Å². The number of aliphatic hydroxyl groups is 3. The van der Waals surface area contributed by atoms with Crippen molar-refractivity contribution in [2.45, 2.75) is 115 Å². The molecule has 4 N–H and O–H groups in total. The van der Waals surface area contributed by atoms with E-state index in [9.17, 15) is 34.5 Å². The molecule has 15 nitrogen and oxygen atoms in total. The van der Waals surface area contributed by atoms with Crippen LogP contribution in [0.5, 0.6) is 0 Å². The number of ether oxygens (including phenoxy) is 6. The molecule has 3 saturated heterocycles. The van der Waals surface area contributed by atoms with Crippen LogP contribution in [0.1, 0.15) is 83.8 Å². The first-order valence-electron chi connectivity index (χ1n) is 18.9. The number of hydrogen-bond donors (Lipinski definition) is 4. The van der Waals surface area contributed by atoms with Gasteiger partial charge in [-0.2, -0.15) is 0 Å². The third kappa shape index (κ3) is 7.13. The van der Waals surface area contributed by atoms with Crippen molar-refractivity contribution in [3.8, 4) is 0 Å². The van der Waals surface area contributed by atoms with Gasteiger partial charge < -0.3 is 49.1 Å². The van der Waals surface area contributed by atoms with Gasteiger partial charge >= 0.3 is 24.0 Å². The van der Waals surface area contributed by atoms with Gasteiger partial charge in [-0.05, 0) is 63.5 Å². The lowest BCUT2D eigenvalue weighted by Crippen LogP contribution is -2.79. The van der Waals surface area contributed by atoms with Crippen molar-refractivity contribution < 1.29 is 67.7 Å². The molecular formula is C42H51NO14. The highest BCUT2D eigenvalue weighted by Crippen LogP contribution is 2.65. The number of benzene rings is 2. The summed E-state index contributed by atoms with van der Waals surface area (Å²) in [6, 6.07) is 15.0. The van der Waals surface area contributed by atoms with Gasteiger partial charge in [0.2, 0.25) is 5.79 Å². The van der Waals surface area contributed by atoms with E-state index in [4.69, 9.17) is 28.4 Å². The van der Waals surface area contributed by atoms with E-state index < -0.39 is 107 Å². The van der Waals surface area contributed by atoms with Gasteiger partial charge in [0.1, 0.15) is 24.4 Å². The number of carbonyl (C=O) groups excluding carboxylic acids is 5. The van der Waals surface area contributed by atoms with E-state index >= 15 is 4.79 Å². The maximum Gasteiger partial charge on any atom is 0.408 e. The zero-order valence-corrected chi connectivity index (χ0v) is 33.3. The molecule has 2 bridgehead atoms. The predicted molar refractivity (Wildman–Crippen MR) is 199 cm³/mol. The molecule has 6 rings (SSSR count). The number of Topliss-reactive ketones (excluding diaryl/α,β-unsaturated/α-hetero) is 1. The van der Waals surface area contributed by atoms with Gasteiger partial charge in [0.05, 0.1) is 35.6 Å². The molecule has 308 valence electrons. The van der Waals surface area contributed by atoms with Crippen LogP contribution in [-0.2, 0) is 42.8 Å². The Morgan fingerprint density at radius 3 is 2.16 bits per heavy atom. The zero-order valence-electron chi connectivity index (χ0n) is 33.3. The quantitative estimate of drug-likeness (QED) is 0.163. The van der Waals surface area contributed by atoms with Crippen LogP contribution in [0.25, 0.3) is 0 Å². The molecule has 15 heteroatoms. The van der Waals surface area contributed by atoms with Crippen LogP contribution in [0.15, 0.2) is 71.8 Å². The summed E-state index contributed by atoms with van der Waals surface area (Å²) in [5.41, 5.74) is -4.93. The Kier molecular flexibility index (Phi) is 11.0. The summed E-state index contributed by atoms with van der Waals surface area (Å²) in [7, 11) is 0. The molecule has 2 aromatic rings. The van der Waals surface area contributed by atoms with Gasteiger partial charge in [-0.1, -0.05) is 62.4 Å². The van der Waals surface area contributed by atoms with Gasteiger partial charge in [0.25, 0.3) is 0 Å². The number of esters is 3. The maximum absolute atomic E-state index is 15.1. The average molecular weight is 794 g/mol. The number of rotatable bonds is 9. The summed E-state index contributed by atoms with van der Waals surface area (Å²) in [6.07, 6.45) is -8.53. The number of nitrogens with one attached hydrogen (secondary N) is 1. The van der Waals surface area contributed by atoms with E-state index in [0.717, 1.165) is 0 Å². The second-order valence-corrected chi connectivity index (χ2v) is 17.0. The minimum atomic E-state index is -2.50. The number of carbonyl (C=O) groups is 5. The van der Waals surface area contributed by atoms with Crippen molar-refractivity contribution in [2.24, 2.45) is 16.7 Å². The lowest BCUT2D eigenvalue weighted by molar-refractivity contribution is -0.356. The molecule has 0 radical (unpaired) electrons. The zero-order chi connectivity index (χ0) is 41.9. The average Bonchev–Trinajstić information content (AvgIpc) is 3.32. The molecule has 10 atom stereocenters. The third-order valence-corrected chi connectivity index (χ3v) is 11.8. The van der Waals surface area contributed by atoms with Gasteiger partial charge in [0.15, 0.2) is 23.6 Å².